The van der Waals surface area contributed by atoms with E-state index in [0.717, 1.165) is 26.0 Å². The third-order valence-electron chi connectivity index (χ3n) is 3.33. The van der Waals surface area contributed by atoms with Crippen LogP contribution in [0.4, 0.5) is 0 Å². The van der Waals surface area contributed by atoms with Crippen molar-refractivity contribution in [3.05, 3.63) is 35.9 Å². The first-order valence-electron chi connectivity index (χ1n) is 7.69. The van der Waals surface area contributed by atoms with Gasteiger partial charge in [-0.1, -0.05) is 30.3 Å². The quantitative estimate of drug-likeness (QED) is 0.566. The monoisotopic (exact) mass is 295 g/mol. The fourth-order valence-electron chi connectivity index (χ4n) is 2.23. The van der Waals surface area contributed by atoms with Gasteiger partial charge in [0.2, 0.25) is 0 Å². The van der Waals surface area contributed by atoms with Crippen molar-refractivity contribution in [2.24, 2.45) is 5.92 Å². The summed E-state index contributed by atoms with van der Waals surface area (Å²) in [6.45, 7) is 4.37. The van der Waals surface area contributed by atoms with Crippen LogP contribution in [0.1, 0.15) is 12.0 Å². The second-order valence-electron chi connectivity index (χ2n) is 5.12. The molecule has 0 amide bonds. The first kappa shape index (κ1) is 18.1. The molecule has 1 N–H and O–H groups in total. The molecule has 1 rings (SSSR count). The molecular formula is C17H29NO3. The van der Waals surface area contributed by atoms with E-state index in [4.69, 9.17) is 14.2 Å². The van der Waals surface area contributed by atoms with Crippen LogP contribution in [0, 0.1) is 5.92 Å². The van der Waals surface area contributed by atoms with Gasteiger partial charge in [0.15, 0.2) is 0 Å². The van der Waals surface area contributed by atoms with Gasteiger partial charge >= 0.3 is 0 Å². The van der Waals surface area contributed by atoms with Crippen LogP contribution in [0.25, 0.3) is 0 Å². The molecule has 0 aromatic heterocycles. The van der Waals surface area contributed by atoms with Crippen LogP contribution >= 0.6 is 0 Å². The van der Waals surface area contributed by atoms with Gasteiger partial charge in [-0.15, -0.1) is 0 Å². The summed E-state index contributed by atoms with van der Waals surface area (Å²) in [7, 11) is 3.68. The van der Waals surface area contributed by atoms with Crippen molar-refractivity contribution in [1.29, 1.82) is 0 Å². The Bertz CT molecular complexity index is 332. The Hall–Kier alpha value is -0.940. The highest BCUT2D eigenvalue weighted by Gasteiger charge is 2.08. The highest BCUT2D eigenvalue weighted by atomic mass is 16.5. The zero-order chi connectivity index (χ0) is 15.2. The fourth-order valence-corrected chi connectivity index (χ4v) is 2.23. The lowest BCUT2D eigenvalue weighted by Gasteiger charge is -2.16. The first-order valence-corrected chi connectivity index (χ1v) is 7.69. The number of hydrogen-bond donors (Lipinski definition) is 1. The number of nitrogens with one attached hydrogen (secondary N) is 1. The molecule has 0 bridgehead atoms. The molecule has 1 aromatic rings. The lowest BCUT2D eigenvalue weighted by molar-refractivity contribution is 0.0219. The van der Waals surface area contributed by atoms with Gasteiger partial charge < -0.3 is 19.5 Å². The average molecular weight is 295 g/mol. The molecule has 0 aliphatic carbocycles. The van der Waals surface area contributed by atoms with Crippen molar-refractivity contribution in [3.63, 3.8) is 0 Å². The average Bonchev–Trinajstić information content (AvgIpc) is 2.51. The second-order valence-corrected chi connectivity index (χ2v) is 5.12. The zero-order valence-corrected chi connectivity index (χ0v) is 13.3. The molecule has 0 saturated heterocycles. The Kier molecular flexibility index (Phi) is 11.0. The maximum atomic E-state index is 5.63. The van der Waals surface area contributed by atoms with Crippen molar-refractivity contribution in [2.45, 2.75) is 12.8 Å². The summed E-state index contributed by atoms with van der Waals surface area (Å²) in [5, 5.41) is 3.27. The molecule has 1 atom stereocenters. The lowest BCUT2D eigenvalue weighted by Crippen LogP contribution is -2.22. The van der Waals surface area contributed by atoms with Crippen molar-refractivity contribution >= 4 is 0 Å². The SMILES string of the molecule is CNCC(CCOCCOCCOC)Cc1ccccc1. The second kappa shape index (κ2) is 12.8. The van der Waals surface area contributed by atoms with E-state index in [2.05, 4.69) is 35.6 Å². The maximum Gasteiger partial charge on any atom is 0.0701 e. The molecule has 0 fully saturated rings. The summed E-state index contributed by atoms with van der Waals surface area (Å²) in [4.78, 5) is 0. The van der Waals surface area contributed by atoms with E-state index in [1.807, 2.05) is 7.05 Å². The number of hydrogen-bond acceptors (Lipinski definition) is 4. The molecule has 0 spiro atoms. The minimum atomic E-state index is 0.604. The maximum absolute atomic E-state index is 5.63. The molecular weight excluding hydrogens is 266 g/mol. The smallest absolute Gasteiger partial charge is 0.0701 e. The lowest BCUT2D eigenvalue weighted by atomic mass is 9.96. The van der Waals surface area contributed by atoms with Crippen LogP contribution in [-0.4, -0.2) is 53.7 Å². The zero-order valence-electron chi connectivity index (χ0n) is 13.3. The van der Waals surface area contributed by atoms with Crippen molar-refractivity contribution < 1.29 is 14.2 Å². The summed E-state index contributed by atoms with van der Waals surface area (Å²) in [6, 6.07) is 10.6. The predicted molar refractivity (Wildman–Crippen MR) is 85.7 cm³/mol. The Morgan fingerprint density at radius 2 is 1.62 bits per heavy atom. The molecule has 1 unspecified atom stereocenters. The topological polar surface area (TPSA) is 39.7 Å². The third-order valence-corrected chi connectivity index (χ3v) is 3.33. The summed E-state index contributed by atoms with van der Waals surface area (Å²) < 4.78 is 15.9. The first-order chi connectivity index (χ1) is 10.4. The standard InChI is InChI=1S/C17H29NO3/c1-18-15-17(14-16-6-4-3-5-7-16)8-9-20-12-13-21-11-10-19-2/h3-7,17-18H,8-15H2,1-2H3. The molecule has 21 heavy (non-hydrogen) atoms. The van der Waals surface area contributed by atoms with E-state index in [9.17, 15) is 0 Å². The largest absolute Gasteiger partial charge is 0.382 e. The molecule has 0 aliphatic heterocycles. The molecule has 4 nitrogen and oxygen atoms in total. The number of methoxy groups -OCH3 is 1. The summed E-state index contributed by atoms with van der Waals surface area (Å²) >= 11 is 0. The summed E-state index contributed by atoms with van der Waals surface area (Å²) in [6.07, 6.45) is 2.16. The van der Waals surface area contributed by atoms with Gasteiger partial charge in [-0.3, -0.25) is 0 Å². The van der Waals surface area contributed by atoms with E-state index < -0.39 is 0 Å². The fraction of sp³-hybridized carbons (Fsp3) is 0.647. The Morgan fingerprint density at radius 1 is 0.952 bits per heavy atom. The minimum absolute atomic E-state index is 0.604. The van der Waals surface area contributed by atoms with Crippen molar-refractivity contribution in [3.8, 4) is 0 Å². The molecule has 0 radical (unpaired) electrons. The Morgan fingerprint density at radius 3 is 2.29 bits per heavy atom. The Balaban J connectivity index is 2.11. The van der Waals surface area contributed by atoms with Gasteiger partial charge in [0.05, 0.1) is 26.4 Å². The van der Waals surface area contributed by atoms with Gasteiger partial charge in [0, 0.05) is 13.7 Å². The van der Waals surface area contributed by atoms with Gasteiger partial charge in [-0.25, -0.2) is 0 Å². The predicted octanol–water partition coefficient (Wildman–Crippen LogP) is 2.13. The molecule has 120 valence electrons. The summed E-state index contributed by atoms with van der Waals surface area (Å²) in [5.41, 5.74) is 1.39. The van der Waals surface area contributed by atoms with Gasteiger partial charge in [-0.2, -0.15) is 0 Å². The molecule has 1 aromatic carbocycles. The van der Waals surface area contributed by atoms with Crippen molar-refractivity contribution in [1.82, 2.24) is 5.32 Å². The molecule has 0 heterocycles. The van der Waals surface area contributed by atoms with Crippen LogP contribution in [0.15, 0.2) is 30.3 Å². The number of ether oxygens (including phenoxy) is 3. The molecule has 0 saturated carbocycles. The van der Waals surface area contributed by atoms with Crippen molar-refractivity contribution in [2.75, 3.05) is 53.7 Å². The minimum Gasteiger partial charge on any atom is -0.382 e. The Labute approximate surface area is 128 Å². The molecule has 4 heteroatoms. The highest BCUT2D eigenvalue weighted by molar-refractivity contribution is 5.15. The van der Waals surface area contributed by atoms with Gasteiger partial charge in [0.1, 0.15) is 0 Å². The number of benzene rings is 1. The normalized spacial score (nSPS) is 12.5. The van der Waals surface area contributed by atoms with Crippen LogP contribution in [0.2, 0.25) is 0 Å². The van der Waals surface area contributed by atoms with Crippen LogP contribution in [-0.2, 0) is 20.6 Å². The van der Waals surface area contributed by atoms with Gasteiger partial charge in [0.25, 0.3) is 0 Å². The van der Waals surface area contributed by atoms with E-state index in [-0.39, 0.29) is 0 Å². The van der Waals surface area contributed by atoms with Crippen LogP contribution in [0.3, 0.4) is 0 Å². The van der Waals surface area contributed by atoms with E-state index in [1.165, 1.54) is 5.56 Å². The highest BCUT2D eigenvalue weighted by Crippen LogP contribution is 2.11. The van der Waals surface area contributed by atoms with E-state index in [1.54, 1.807) is 7.11 Å². The number of rotatable bonds is 13. The van der Waals surface area contributed by atoms with E-state index >= 15 is 0 Å². The molecule has 0 aliphatic rings. The summed E-state index contributed by atoms with van der Waals surface area (Å²) in [5.74, 6) is 0.604. The van der Waals surface area contributed by atoms with Crippen LogP contribution < -0.4 is 5.32 Å². The van der Waals surface area contributed by atoms with Gasteiger partial charge in [-0.05, 0) is 37.9 Å². The third kappa shape index (κ3) is 9.58. The van der Waals surface area contributed by atoms with Crippen LogP contribution in [0.5, 0.6) is 0 Å². The van der Waals surface area contributed by atoms with E-state index in [0.29, 0.717) is 32.3 Å².